The Labute approximate surface area is 142 Å². The first kappa shape index (κ1) is 16.2. The minimum atomic E-state index is -0.0155. The molecule has 1 heterocycles. The number of carbonyl (C=O) groups excluding carboxylic acids is 2. The number of methoxy groups -OCH3 is 1. The van der Waals surface area contributed by atoms with Gasteiger partial charge in [0, 0.05) is 30.1 Å². The molecule has 4 nitrogen and oxygen atoms in total. The lowest BCUT2D eigenvalue weighted by Crippen LogP contribution is -2.40. The lowest BCUT2D eigenvalue weighted by atomic mass is 9.88. The second-order valence-electron chi connectivity index (χ2n) is 6.03. The lowest BCUT2D eigenvalue weighted by molar-refractivity contribution is 0.0650. The van der Waals surface area contributed by atoms with E-state index < -0.39 is 0 Å². The van der Waals surface area contributed by atoms with Gasteiger partial charge in [-0.25, -0.2) is 0 Å². The average Bonchev–Trinajstić information content (AvgIpc) is 2.68. The second kappa shape index (κ2) is 7.30. The molecule has 2 aromatic rings. The van der Waals surface area contributed by atoms with Gasteiger partial charge in [0.15, 0.2) is 5.78 Å². The summed E-state index contributed by atoms with van der Waals surface area (Å²) in [6, 6.07) is 16.5. The van der Waals surface area contributed by atoms with Crippen molar-refractivity contribution in [3.63, 3.8) is 0 Å². The van der Waals surface area contributed by atoms with Crippen molar-refractivity contribution in [2.75, 3.05) is 20.2 Å². The fourth-order valence-corrected chi connectivity index (χ4v) is 3.10. The van der Waals surface area contributed by atoms with E-state index in [9.17, 15) is 9.59 Å². The summed E-state index contributed by atoms with van der Waals surface area (Å²) in [6.45, 7) is 1.25. The highest BCUT2D eigenvalue weighted by Crippen LogP contribution is 2.24. The van der Waals surface area contributed by atoms with Gasteiger partial charge in [-0.15, -0.1) is 0 Å². The van der Waals surface area contributed by atoms with Crippen molar-refractivity contribution in [1.29, 1.82) is 0 Å². The number of amides is 1. The smallest absolute Gasteiger partial charge is 0.253 e. The number of Topliss-reactive ketones (excluding diaryl/α,β-unsaturated/α-hetero) is 1. The first-order chi connectivity index (χ1) is 11.7. The number of piperidine rings is 1. The van der Waals surface area contributed by atoms with Crippen LogP contribution in [0.25, 0.3) is 0 Å². The third-order valence-electron chi connectivity index (χ3n) is 4.55. The molecular formula is C20H21NO3. The molecule has 124 valence electrons. The molecule has 0 aliphatic carbocycles. The third-order valence-corrected chi connectivity index (χ3v) is 4.55. The van der Waals surface area contributed by atoms with E-state index in [2.05, 4.69) is 0 Å². The van der Waals surface area contributed by atoms with Gasteiger partial charge in [0.25, 0.3) is 5.91 Å². The summed E-state index contributed by atoms with van der Waals surface area (Å²) in [4.78, 5) is 26.9. The van der Waals surface area contributed by atoms with Crippen LogP contribution in [0.5, 0.6) is 5.75 Å². The van der Waals surface area contributed by atoms with Crippen molar-refractivity contribution >= 4 is 11.7 Å². The largest absolute Gasteiger partial charge is 0.497 e. The first-order valence-electron chi connectivity index (χ1n) is 8.21. The second-order valence-corrected chi connectivity index (χ2v) is 6.03. The molecule has 4 heteroatoms. The Kier molecular flexibility index (Phi) is 4.94. The van der Waals surface area contributed by atoms with E-state index in [1.54, 1.807) is 19.2 Å². The maximum Gasteiger partial charge on any atom is 0.253 e. The molecule has 0 N–H and O–H groups in total. The van der Waals surface area contributed by atoms with Gasteiger partial charge in [-0.2, -0.15) is 0 Å². The van der Waals surface area contributed by atoms with Gasteiger partial charge in [0.1, 0.15) is 5.75 Å². The summed E-state index contributed by atoms with van der Waals surface area (Å²) < 4.78 is 5.12. The van der Waals surface area contributed by atoms with Crippen LogP contribution < -0.4 is 4.74 Å². The van der Waals surface area contributed by atoms with Crippen LogP contribution in [0, 0.1) is 5.92 Å². The zero-order valence-corrected chi connectivity index (χ0v) is 13.8. The Morgan fingerprint density at radius 3 is 2.12 bits per heavy atom. The van der Waals surface area contributed by atoms with Gasteiger partial charge in [-0.05, 0) is 49.2 Å². The third kappa shape index (κ3) is 3.48. The number of benzene rings is 2. The van der Waals surface area contributed by atoms with Crippen LogP contribution in [0.3, 0.4) is 0 Å². The summed E-state index contributed by atoms with van der Waals surface area (Å²) in [5, 5.41) is 0. The van der Waals surface area contributed by atoms with E-state index >= 15 is 0 Å². The van der Waals surface area contributed by atoms with Crippen LogP contribution in [-0.4, -0.2) is 36.8 Å². The Hall–Kier alpha value is -2.62. The highest BCUT2D eigenvalue weighted by molar-refractivity contribution is 5.98. The van der Waals surface area contributed by atoms with Crippen LogP contribution in [-0.2, 0) is 0 Å². The Morgan fingerprint density at radius 2 is 1.54 bits per heavy atom. The zero-order chi connectivity index (χ0) is 16.9. The molecule has 3 rings (SSSR count). The Bertz CT molecular complexity index is 701. The molecule has 0 spiro atoms. The number of carbonyl (C=O) groups is 2. The maximum absolute atomic E-state index is 12.6. The average molecular weight is 323 g/mol. The molecule has 1 aliphatic heterocycles. The molecular weight excluding hydrogens is 302 g/mol. The van der Waals surface area contributed by atoms with Crippen molar-refractivity contribution in [2.24, 2.45) is 5.92 Å². The van der Waals surface area contributed by atoms with Crippen LogP contribution in [0.1, 0.15) is 33.6 Å². The molecule has 0 bridgehead atoms. The van der Waals surface area contributed by atoms with Crippen LogP contribution in [0.15, 0.2) is 54.6 Å². The normalized spacial score (nSPS) is 15.1. The van der Waals surface area contributed by atoms with Crippen molar-refractivity contribution in [3.05, 3.63) is 65.7 Å². The van der Waals surface area contributed by atoms with Gasteiger partial charge < -0.3 is 9.64 Å². The molecule has 0 saturated carbocycles. The number of hydrogen-bond acceptors (Lipinski definition) is 3. The van der Waals surface area contributed by atoms with Gasteiger partial charge in [-0.3, -0.25) is 9.59 Å². The van der Waals surface area contributed by atoms with Crippen molar-refractivity contribution in [1.82, 2.24) is 4.90 Å². The number of ketones is 1. The number of nitrogens with zero attached hydrogens (tertiary/aromatic N) is 1. The molecule has 1 amide bonds. The number of ether oxygens (including phenoxy) is 1. The van der Waals surface area contributed by atoms with Crippen LogP contribution in [0.2, 0.25) is 0 Å². The fraction of sp³-hybridized carbons (Fsp3) is 0.300. The first-order valence-corrected chi connectivity index (χ1v) is 8.21. The standard InChI is InChI=1S/C20H21NO3/c1-24-18-9-7-15(8-10-18)19(22)16-11-13-21(14-12-16)20(23)17-5-3-2-4-6-17/h2-10,16H,11-14H2,1H3. The van der Waals surface area contributed by atoms with Crippen LogP contribution in [0.4, 0.5) is 0 Å². The molecule has 1 aliphatic rings. The quantitative estimate of drug-likeness (QED) is 0.810. The van der Waals surface area contributed by atoms with E-state index in [-0.39, 0.29) is 17.6 Å². The SMILES string of the molecule is COc1ccc(C(=O)C2CCN(C(=O)c3ccccc3)CC2)cc1. The summed E-state index contributed by atoms with van der Waals surface area (Å²) in [5.74, 6) is 0.934. The predicted octanol–water partition coefficient (Wildman–Crippen LogP) is 3.43. The highest BCUT2D eigenvalue weighted by atomic mass is 16.5. The summed E-state index contributed by atoms with van der Waals surface area (Å²) in [6.07, 6.45) is 1.42. The van der Waals surface area contributed by atoms with Crippen LogP contribution >= 0.6 is 0 Å². The lowest BCUT2D eigenvalue weighted by Gasteiger charge is -2.31. The van der Waals surface area contributed by atoms with Gasteiger partial charge in [-0.1, -0.05) is 18.2 Å². The maximum atomic E-state index is 12.6. The zero-order valence-electron chi connectivity index (χ0n) is 13.8. The number of rotatable bonds is 4. The highest BCUT2D eigenvalue weighted by Gasteiger charge is 2.28. The topological polar surface area (TPSA) is 46.6 Å². The van der Waals surface area contributed by atoms with Gasteiger partial charge >= 0.3 is 0 Å². The summed E-state index contributed by atoms with van der Waals surface area (Å²) in [5.41, 5.74) is 1.42. The number of likely N-dealkylation sites (tertiary alicyclic amines) is 1. The number of hydrogen-bond donors (Lipinski definition) is 0. The molecule has 0 unspecified atom stereocenters. The van der Waals surface area contributed by atoms with E-state index in [0.717, 1.165) is 5.75 Å². The van der Waals surface area contributed by atoms with E-state index in [1.807, 2.05) is 47.4 Å². The van der Waals surface area contributed by atoms with E-state index in [1.165, 1.54) is 0 Å². The summed E-state index contributed by atoms with van der Waals surface area (Å²) in [7, 11) is 1.61. The molecule has 0 radical (unpaired) electrons. The van der Waals surface area contributed by atoms with Gasteiger partial charge in [0.2, 0.25) is 0 Å². The molecule has 24 heavy (non-hydrogen) atoms. The minimum Gasteiger partial charge on any atom is -0.497 e. The predicted molar refractivity (Wildman–Crippen MR) is 92.4 cm³/mol. The van der Waals surface area contributed by atoms with Crippen molar-refractivity contribution in [2.45, 2.75) is 12.8 Å². The molecule has 1 fully saturated rings. The molecule has 1 saturated heterocycles. The summed E-state index contributed by atoms with van der Waals surface area (Å²) >= 11 is 0. The molecule has 0 atom stereocenters. The van der Waals surface area contributed by atoms with Crippen molar-refractivity contribution in [3.8, 4) is 5.75 Å². The van der Waals surface area contributed by atoms with E-state index in [0.29, 0.717) is 37.1 Å². The minimum absolute atomic E-state index is 0.0155. The Morgan fingerprint density at radius 1 is 0.917 bits per heavy atom. The monoisotopic (exact) mass is 323 g/mol. The molecule has 0 aromatic heterocycles. The van der Waals surface area contributed by atoms with Gasteiger partial charge in [0.05, 0.1) is 7.11 Å². The Balaban J connectivity index is 1.60. The molecule has 2 aromatic carbocycles. The fourth-order valence-electron chi connectivity index (χ4n) is 3.10. The van der Waals surface area contributed by atoms with Crippen molar-refractivity contribution < 1.29 is 14.3 Å². The van der Waals surface area contributed by atoms with E-state index in [4.69, 9.17) is 4.74 Å².